The van der Waals surface area contributed by atoms with Crippen LogP contribution in [-0.4, -0.2) is 43.4 Å². The van der Waals surface area contributed by atoms with E-state index in [-0.39, 0.29) is 25.0 Å². The molecule has 3 N–H and O–H groups in total. The molecule has 0 rings (SSSR count). The fraction of sp³-hybridized carbons (Fsp3) is 0.818. The smallest absolute Gasteiger partial charge is 0.315 e. The van der Waals surface area contributed by atoms with Crippen molar-refractivity contribution in [3.05, 3.63) is 0 Å². The molecule has 6 heteroatoms. The summed E-state index contributed by atoms with van der Waals surface area (Å²) in [6, 6.07) is -0.366. The summed E-state index contributed by atoms with van der Waals surface area (Å²) in [5.74, 6) is -0.926. The van der Waals surface area contributed by atoms with E-state index in [4.69, 9.17) is 9.84 Å². The van der Waals surface area contributed by atoms with Crippen molar-refractivity contribution in [3.8, 4) is 0 Å². The van der Waals surface area contributed by atoms with Crippen LogP contribution in [0.3, 0.4) is 0 Å². The van der Waals surface area contributed by atoms with Crippen molar-refractivity contribution in [2.75, 3.05) is 20.3 Å². The predicted molar refractivity (Wildman–Crippen MR) is 64.0 cm³/mol. The number of carboxylic acid groups (broad SMARTS) is 1. The van der Waals surface area contributed by atoms with Gasteiger partial charge in [0.25, 0.3) is 0 Å². The molecule has 0 aliphatic carbocycles. The number of methoxy groups -OCH3 is 1. The van der Waals surface area contributed by atoms with Gasteiger partial charge in [0.15, 0.2) is 0 Å². The molecule has 0 radical (unpaired) electrons. The zero-order valence-corrected chi connectivity index (χ0v) is 10.5. The van der Waals surface area contributed by atoms with Crippen molar-refractivity contribution in [2.24, 2.45) is 0 Å². The van der Waals surface area contributed by atoms with Crippen molar-refractivity contribution in [1.29, 1.82) is 0 Å². The lowest BCUT2D eigenvalue weighted by atomic mass is 10.1. The number of carbonyl (C=O) groups excluding carboxylic acids is 1. The highest BCUT2D eigenvalue weighted by molar-refractivity contribution is 5.75. The lowest BCUT2D eigenvalue weighted by Crippen LogP contribution is -2.44. The van der Waals surface area contributed by atoms with E-state index >= 15 is 0 Å². The Labute approximate surface area is 102 Å². The molecule has 0 saturated carbocycles. The van der Waals surface area contributed by atoms with Crippen molar-refractivity contribution < 1.29 is 19.4 Å². The predicted octanol–water partition coefficient (Wildman–Crippen LogP) is 0.965. The van der Waals surface area contributed by atoms with E-state index < -0.39 is 5.97 Å². The number of carboxylic acids is 1. The monoisotopic (exact) mass is 246 g/mol. The SMILES string of the molecule is CCCCC(COC)NC(=O)NCCC(=O)O. The maximum atomic E-state index is 11.4. The number of rotatable bonds is 9. The second-order valence-corrected chi connectivity index (χ2v) is 3.84. The first kappa shape index (κ1) is 15.7. The first-order chi connectivity index (χ1) is 8.10. The second kappa shape index (κ2) is 9.89. The molecule has 0 aliphatic heterocycles. The summed E-state index contributed by atoms with van der Waals surface area (Å²) < 4.78 is 5.01. The summed E-state index contributed by atoms with van der Waals surface area (Å²) in [7, 11) is 1.59. The number of urea groups is 1. The molecule has 100 valence electrons. The number of carbonyl (C=O) groups is 2. The number of amides is 2. The van der Waals surface area contributed by atoms with Crippen LogP contribution in [0.5, 0.6) is 0 Å². The minimum Gasteiger partial charge on any atom is -0.481 e. The first-order valence-corrected chi connectivity index (χ1v) is 5.85. The topological polar surface area (TPSA) is 87.7 Å². The Hall–Kier alpha value is -1.30. The van der Waals surface area contributed by atoms with E-state index in [9.17, 15) is 9.59 Å². The van der Waals surface area contributed by atoms with Gasteiger partial charge in [-0.1, -0.05) is 19.8 Å². The molecular weight excluding hydrogens is 224 g/mol. The third-order valence-corrected chi connectivity index (χ3v) is 2.23. The Bertz CT molecular complexity index is 234. The molecule has 0 fully saturated rings. The Kier molecular flexibility index (Phi) is 9.14. The Morgan fingerprint density at radius 2 is 2.12 bits per heavy atom. The van der Waals surface area contributed by atoms with E-state index in [1.54, 1.807) is 7.11 Å². The molecule has 2 amide bonds. The van der Waals surface area contributed by atoms with E-state index in [1.807, 2.05) is 0 Å². The van der Waals surface area contributed by atoms with Crippen molar-refractivity contribution in [3.63, 3.8) is 0 Å². The van der Waals surface area contributed by atoms with E-state index in [0.717, 1.165) is 19.3 Å². The third kappa shape index (κ3) is 9.62. The van der Waals surface area contributed by atoms with Crippen molar-refractivity contribution in [1.82, 2.24) is 10.6 Å². The van der Waals surface area contributed by atoms with Crippen LogP contribution in [0.2, 0.25) is 0 Å². The van der Waals surface area contributed by atoms with Gasteiger partial charge in [-0.15, -0.1) is 0 Å². The van der Waals surface area contributed by atoms with Crippen LogP contribution in [0.25, 0.3) is 0 Å². The summed E-state index contributed by atoms with van der Waals surface area (Å²) in [4.78, 5) is 21.7. The number of hydrogen-bond donors (Lipinski definition) is 3. The standard InChI is InChI=1S/C11H22N2O4/c1-3-4-5-9(8-17-2)13-11(16)12-7-6-10(14)15/h9H,3-8H2,1-2H3,(H,14,15)(H2,12,13,16). The van der Waals surface area contributed by atoms with Gasteiger partial charge in [0.2, 0.25) is 0 Å². The normalized spacial score (nSPS) is 11.9. The van der Waals surface area contributed by atoms with Crippen LogP contribution in [0.4, 0.5) is 4.79 Å². The molecule has 0 heterocycles. The number of aliphatic carboxylic acids is 1. The quantitative estimate of drug-likeness (QED) is 0.565. The zero-order valence-electron chi connectivity index (χ0n) is 10.5. The summed E-state index contributed by atoms with van der Waals surface area (Å²) in [6.07, 6.45) is 2.86. The molecule has 0 aromatic carbocycles. The molecule has 1 unspecified atom stereocenters. The molecule has 0 spiro atoms. The first-order valence-electron chi connectivity index (χ1n) is 5.85. The fourth-order valence-electron chi connectivity index (χ4n) is 1.37. The summed E-state index contributed by atoms with van der Waals surface area (Å²) in [5, 5.41) is 13.7. The molecule has 17 heavy (non-hydrogen) atoms. The van der Waals surface area contributed by atoms with Crippen LogP contribution in [0, 0.1) is 0 Å². The van der Waals surface area contributed by atoms with E-state index in [1.165, 1.54) is 0 Å². The zero-order chi connectivity index (χ0) is 13.1. The van der Waals surface area contributed by atoms with Crippen LogP contribution in [0.1, 0.15) is 32.6 Å². The van der Waals surface area contributed by atoms with Gasteiger partial charge in [-0.05, 0) is 6.42 Å². The third-order valence-electron chi connectivity index (χ3n) is 2.23. The molecule has 0 bridgehead atoms. The number of ether oxygens (including phenoxy) is 1. The van der Waals surface area contributed by atoms with E-state index in [0.29, 0.717) is 6.61 Å². The maximum absolute atomic E-state index is 11.4. The van der Waals surface area contributed by atoms with Gasteiger partial charge in [0, 0.05) is 13.7 Å². The lowest BCUT2D eigenvalue weighted by molar-refractivity contribution is -0.136. The average Bonchev–Trinajstić information content (AvgIpc) is 2.25. The second-order valence-electron chi connectivity index (χ2n) is 3.84. The number of nitrogens with one attached hydrogen (secondary N) is 2. The van der Waals surface area contributed by atoms with Gasteiger partial charge >= 0.3 is 12.0 Å². The molecule has 0 aromatic rings. The average molecular weight is 246 g/mol. The fourth-order valence-corrected chi connectivity index (χ4v) is 1.37. The Balaban J connectivity index is 3.81. The van der Waals surface area contributed by atoms with Crippen LogP contribution >= 0.6 is 0 Å². The molecular formula is C11H22N2O4. The summed E-state index contributed by atoms with van der Waals surface area (Å²) in [5.41, 5.74) is 0. The summed E-state index contributed by atoms with van der Waals surface area (Å²) in [6.45, 7) is 2.68. The van der Waals surface area contributed by atoms with Gasteiger partial charge in [0.1, 0.15) is 0 Å². The van der Waals surface area contributed by atoms with Crippen LogP contribution in [0.15, 0.2) is 0 Å². The molecule has 0 saturated heterocycles. The molecule has 0 aromatic heterocycles. The minimum atomic E-state index is -0.926. The Morgan fingerprint density at radius 1 is 1.41 bits per heavy atom. The van der Waals surface area contributed by atoms with Gasteiger partial charge in [-0.2, -0.15) is 0 Å². The van der Waals surface area contributed by atoms with E-state index in [2.05, 4.69) is 17.6 Å². The number of hydrogen-bond acceptors (Lipinski definition) is 3. The Morgan fingerprint density at radius 3 is 2.65 bits per heavy atom. The molecule has 6 nitrogen and oxygen atoms in total. The van der Waals surface area contributed by atoms with Gasteiger partial charge in [0.05, 0.1) is 19.1 Å². The number of unbranched alkanes of at least 4 members (excludes halogenated alkanes) is 1. The highest BCUT2D eigenvalue weighted by atomic mass is 16.5. The maximum Gasteiger partial charge on any atom is 0.315 e. The highest BCUT2D eigenvalue weighted by Crippen LogP contribution is 2.00. The largest absolute Gasteiger partial charge is 0.481 e. The molecule has 1 atom stereocenters. The lowest BCUT2D eigenvalue weighted by Gasteiger charge is -2.17. The highest BCUT2D eigenvalue weighted by Gasteiger charge is 2.11. The van der Waals surface area contributed by atoms with Crippen LogP contribution in [-0.2, 0) is 9.53 Å². The van der Waals surface area contributed by atoms with Crippen molar-refractivity contribution >= 4 is 12.0 Å². The molecule has 0 aliphatic rings. The van der Waals surface area contributed by atoms with Gasteiger partial charge in [-0.25, -0.2) is 4.79 Å². The summed E-state index contributed by atoms with van der Waals surface area (Å²) >= 11 is 0. The van der Waals surface area contributed by atoms with Gasteiger partial charge in [-0.3, -0.25) is 4.79 Å². The van der Waals surface area contributed by atoms with Gasteiger partial charge < -0.3 is 20.5 Å². The van der Waals surface area contributed by atoms with Crippen molar-refractivity contribution in [2.45, 2.75) is 38.6 Å². The minimum absolute atomic E-state index is 0.0234. The van der Waals surface area contributed by atoms with Crippen LogP contribution < -0.4 is 10.6 Å².